The van der Waals surface area contributed by atoms with Gasteiger partial charge >= 0.3 is 6.18 Å². The fourth-order valence-electron chi connectivity index (χ4n) is 2.16. The molecule has 1 rings (SSSR count). The fraction of sp³-hybridized carbons (Fsp3) is 0.571. The molecule has 0 bridgehead atoms. The number of hydrogen-bond acceptors (Lipinski definition) is 3. The zero-order chi connectivity index (χ0) is 16.0. The SMILES string of the molecule is CC(CN(CCO)CC(F)(F)F)C(O)c1ccccc1F. The molecule has 2 N–H and O–H groups in total. The first-order valence-electron chi connectivity index (χ1n) is 6.57. The van der Waals surface area contributed by atoms with E-state index in [-0.39, 0.29) is 18.7 Å². The Morgan fingerprint density at radius 1 is 1.24 bits per heavy atom. The van der Waals surface area contributed by atoms with Crippen molar-refractivity contribution in [3.05, 3.63) is 35.6 Å². The second-order valence-electron chi connectivity index (χ2n) is 5.02. The second-order valence-corrected chi connectivity index (χ2v) is 5.02. The first-order chi connectivity index (χ1) is 9.74. The lowest BCUT2D eigenvalue weighted by Crippen LogP contribution is -2.40. The van der Waals surface area contributed by atoms with Crippen LogP contribution >= 0.6 is 0 Å². The Morgan fingerprint density at radius 3 is 2.38 bits per heavy atom. The lowest BCUT2D eigenvalue weighted by Gasteiger charge is -2.28. The summed E-state index contributed by atoms with van der Waals surface area (Å²) in [7, 11) is 0. The van der Waals surface area contributed by atoms with Crippen molar-refractivity contribution in [2.24, 2.45) is 5.92 Å². The van der Waals surface area contributed by atoms with Crippen molar-refractivity contribution in [3.63, 3.8) is 0 Å². The summed E-state index contributed by atoms with van der Waals surface area (Å²) in [6.45, 7) is -0.318. The number of alkyl halides is 3. The number of aliphatic hydroxyl groups is 2. The summed E-state index contributed by atoms with van der Waals surface area (Å²) in [4.78, 5) is 0.995. The summed E-state index contributed by atoms with van der Waals surface area (Å²) >= 11 is 0. The van der Waals surface area contributed by atoms with Crippen LogP contribution < -0.4 is 0 Å². The zero-order valence-electron chi connectivity index (χ0n) is 11.6. The molecule has 21 heavy (non-hydrogen) atoms. The summed E-state index contributed by atoms with van der Waals surface area (Å²) in [6, 6.07) is 5.61. The van der Waals surface area contributed by atoms with Crippen LogP contribution in [0.15, 0.2) is 24.3 Å². The van der Waals surface area contributed by atoms with Gasteiger partial charge in [0.2, 0.25) is 0 Å². The third-order valence-electron chi connectivity index (χ3n) is 3.13. The quantitative estimate of drug-likeness (QED) is 0.760. The van der Waals surface area contributed by atoms with Crippen molar-refractivity contribution >= 4 is 0 Å². The highest BCUT2D eigenvalue weighted by Crippen LogP contribution is 2.26. The number of halogens is 4. The zero-order valence-corrected chi connectivity index (χ0v) is 11.6. The second kappa shape index (κ2) is 7.72. The maximum Gasteiger partial charge on any atom is 0.401 e. The van der Waals surface area contributed by atoms with Crippen molar-refractivity contribution < 1.29 is 27.8 Å². The molecule has 0 aliphatic heterocycles. The molecule has 3 nitrogen and oxygen atoms in total. The van der Waals surface area contributed by atoms with E-state index >= 15 is 0 Å². The largest absolute Gasteiger partial charge is 0.401 e. The lowest BCUT2D eigenvalue weighted by atomic mass is 9.96. The van der Waals surface area contributed by atoms with Crippen LogP contribution in [-0.4, -0.2) is 47.5 Å². The molecule has 2 unspecified atom stereocenters. The molecule has 0 spiro atoms. The van der Waals surface area contributed by atoms with Crippen LogP contribution in [0, 0.1) is 11.7 Å². The van der Waals surface area contributed by atoms with Gasteiger partial charge in [-0.3, -0.25) is 4.90 Å². The summed E-state index contributed by atoms with van der Waals surface area (Å²) in [5.41, 5.74) is 0.0564. The molecule has 0 fully saturated rings. The molecular formula is C14H19F4NO2. The fourth-order valence-corrected chi connectivity index (χ4v) is 2.16. The van der Waals surface area contributed by atoms with Gasteiger partial charge in [0, 0.05) is 18.7 Å². The lowest BCUT2D eigenvalue weighted by molar-refractivity contribution is -0.149. The van der Waals surface area contributed by atoms with Crippen molar-refractivity contribution in [2.75, 3.05) is 26.2 Å². The molecule has 7 heteroatoms. The number of aliphatic hydroxyl groups excluding tert-OH is 2. The molecule has 0 saturated heterocycles. The van der Waals surface area contributed by atoms with Crippen LogP contribution in [0.4, 0.5) is 17.6 Å². The first-order valence-corrected chi connectivity index (χ1v) is 6.57. The van der Waals surface area contributed by atoms with Gasteiger partial charge in [-0.25, -0.2) is 4.39 Å². The first kappa shape index (κ1) is 17.9. The summed E-state index contributed by atoms with van der Waals surface area (Å²) < 4.78 is 50.8. The average Bonchev–Trinajstić information content (AvgIpc) is 2.36. The highest BCUT2D eigenvalue weighted by Gasteiger charge is 2.32. The van der Waals surface area contributed by atoms with Gasteiger partial charge in [-0.05, 0) is 12.0 Å². The Labute approximate surface area is 120 Å². The minimum Gasteiger partial charge on any atom is -0.395 e. The summed E-state index contributed by atoms with van der Waals surface area (Å²) in [6.07, 6.45) is -5.60. The predicted octanol–water partition coefficient (Wildman–Crippen LogP) is 2.35. The van der Waals surface area contributed by atoms with E-state index in [1.807, 2.05) is 0 Å². The van der Waals surface area contributed by atoms with Crippen LogP contribution in [0.2, 0.25) is 0 Å². The third kappa shape index (κ3) is 5.99. The van der Waals surface area contributed by atoms with E-state index in [9.17, 15) is 22.7 Å². The van der Waals surface area contributed by atoms with Gasteiger partial charge in [-0.2, -0.15) is 13.2 Å². The molecule has 0 saturated carbocycles. The van der Waals surface area contributed by atoms with Crippen LogP contribution in [0.1, 0.15) is 18.6 Å². The van der Waals surface area contributed by atoms with E-state index in [1.54, 1.807) is 6.07 Å². The van der Waals surface area contributed by atoms with Gasteiger partial charge < -0.3 is 10.2 Å². The summed E-state index contributed by atoms with van der Waals surface area (Å²) in [5, 5.41) is 18.9. The maximum absolute atomic E-state index is 13.6. The monoisotopic (exact) mass is 309 g/mol. The number of hydrogen-bond donors (Lipinski definition) is 2. The Bertz CT molecular complexity index is 439. The molecule has 120 valence electrons. The van der Waals surface area contributed by atoms with Crippen molar-refractivity contribution in [2.45, 2.75) is 19.2 Å². The highest BCUT2D eigenvalue weighted by atomic mass is 19.4. The van der Waals surface area contributed by atoms with E-state index in [2.05, 4.69) is 0 Å². The van der Waals surface area contributed by atoms with E-state index in [0.29, 0.717) is 0 Å². The van der Waals surface area contributed by atoms with Crippen molar-refractivity contribution in [1.29, 1.82) is 0 Å². The van der Waals surface area contributed by atoms with E-state index < -0.39 is 37.2 Å². The maximum atomic E-state index is 13.6. The van der Waals surface area contributed by atoms with Crippen LogP contribution in [0.3, 0.4) is 0 Å². The number of rotatable bonds is 7. The third-order valence-corrected chi connectivity index (χ3v) is 3.13. The molecule has 0 heterocycles. The average molecular weight is 309 g/mol. The smallest absolute Gasteiger partial charge is 0.395 e. The van der Waals surface area contributed by atoms with E-state index in [1.165, 1.54) is 25.1 Å². The molecule has 1 aromatic rings. The molecular weight excluding hydrogens is 290 g/mol. The highest BCUT2D eigenvalue weighted by molar-refractivity contribution is 5.20. The number of benzene rings is 1. The van der Waals surface area contributed by atoms with E-state index in [4.69, 9.17) is 5.11 Å². The Morgan fingerprint density at radius 2 is 1.86 bits per heavy atom. The molecule has 2 atom stereocenters. The molecule has 1 aromatic carbocycles. The van der Waals surface area contributed by atoms with Crippen molar-refractivity contribution in [1.82, 2.24) is 4.90 Å². The molecule has 0 amide bonds. The Kier molecular flexibility index (Phi) is 6.57. The van der Waals surface area contributed by atoms with Gasteiger partial charge in [0.05, 0.1) is 19.3 Å². The van der Waals surface area contributed by atoms with Crippen LogP contribution in [-0.2, 0) is 0 Å². The van der Waals surface area contributed by atoms with Gasteiger partial charge in [-0.15, -0.1) is 0 Å². The molecule has 0 aromatic heterocycles. The standard InChI is InChI=1S/C14H19F4NO2/c1-10(8-19(6-7-20)9-14(16,17)18)13(21)11-4-2-3-5-12(11)15/h2-5,10,13,20-21H,6-9H2,1H3. The Hall–Kier alpha value is -1.18. The predicted molar refractivity (Wildman–Crippen MR) is 70.1 cm³/mol. The molecule has 0 radical (unpaired) electrons. The van der Waals surface area contributed by atoms with E-state index in [0.717, 1.165) is 4.90 Å². The van der Waals surface area contributed by atoms with Crippen LogP contribution in [0.25, 0.3) is 0 Å². The topological polar surface area (TPSA) is 43.7 Å². The molecule has 0 aliphatic rings. The minimum atomic E-state index is -4.39. The number of nitrogens with zero attached hydrogens (tertiary/aromatic N) is 1. The molecule has 0 aliphatic carbocycles. The van der Waals surface area contributed by atoms with Gasteiger partial charge in [0.1, 0.15) is 5.82 Å². The van der Waals surface area contributed by atoms with Gasteiger partial charge in [0.25, 0.3) is 0 Å². The minimum absolute atomic E-state index is 0.0564. The van der Waals surface area contributed by atoms with Crippen LogP contribution in [0.5, 0.6) is 0 Å². The summed E-state index contributed by atoms with van der Waals surface area (Å²) in [5.74, 6) is -1.21. The van der Waals surface area contributed by atoms with Crippen molar-refractivity contribution in [3.8, 4) is 0 Å². The van der Waals surface area contributed by atoms with Gasteiger partial charge in [0.15, 0.2) is 0 Å². The normalized spacial score (nSPS) is 15.2. The van der Waals surface area contributed by atoms with Gasteiger partial charge in [-0.1, -0.05) is 25.1 Å². The Balaban J connectivity index is 2.72.